The van der Waals surface area contributed by atoms with Gasteiger partial charge in [-0.25, -0.2) is 15.0 Å². The van der Waals surface area contributed by atoms with E-state index in [-0.39, 0.29) is 0 Å². The number of hydrogen-bond donors (Lipinski definition) is 1. The lowest BCUT2D eigenvalue weighted by atomic mass is 10.1. The van der Waals surface area contributed by atoms with Gasteiger partial charge in [-0.3, -0.25) is 9.88 Å². The number of aryl methyl sites for hydroxylation is 1. The van der Waals surface area contributed by atoms with Gasteiger partial charge >= 0.3 is 0 Å². The van der Waals surface area contributed by atoms with Crippen molar-refractivity contribution in [3.63, 3.8) is 0 Å². The molecule has 1 saturated heterocycles. The minimum Gasteiger partial charge on any atom is -0.337 e. The summed E-state index contributed by atoms with van der Waals surface area (Å²) in [5.41, 5.74) is 1.27. The molecule has 0 unspecified atom stereocenters. The molecule has 1 fully saturated rings. The fourth-order valence-electron chi connectivity index (χ4n) is 3.34. The fourth-order valence-corrected chi connectivity index (χ4v) is 3.34. The number of hydrogen-bond acceptors (Lipinski definition) is 6. The SMILES string of the molecule is Cn1ccnc1CN1CCC[C@@H]1c1ccnc(Nc2cnccn2)c1. The highest BCUT2D eigenvalue weighted by atomic mass is 15.2. The van der Waals surface area contributed by atoms with Crippen molar-refractivity contribution in [1.29, 1.82) is 0 Å². The van der Waals surface area contributed by atoms with Crippen LogP contribution in [0.3, 0.4) is 0 Å². The van der Waals surface area contributed by atoms with Gasteiger partial charge in [-0.15, -0.1) is 0 Å². The number of aromatic nitrogens is 5. The molecular formula is C18H21N7. The first-order valence-corrected chi connectivity index (χ1v) is 8.49. The van der Waals surface area contributed by atoms with E-state index < -0.39 is 0 Å². The van der Waals surface area contributed by atoms with Gasteiger partial charge in [0.1, 0.15) is 17.5 Å². The van der Waals surface area contributed by atoms with Gasteiger partial charge in [0.05, 0.1) is 12.7 Å². The summed E-state index contributed by atoms with van der Waals surface area (Å²) < 4.78 is 2.09. The van der Waals surface area contributed by atoms with Crippen LogP contribution in [0.2, 0.25) is 0 Å². The number of imidazole rings is 1. The van der Waals surface area contributed by atoms with Crippen molar-refractivity contribution in [1.82, 2.24) is 29.4 Å². The number of nitrogens with zero attached hydrogens (tertiary/aromatic N) is 6. The van der Waals surface area contributed by atoms with Crippen LogP contribution in [0.5, 0.6) is 0 Å². The van der Waals surface area contributed by atoms with Crippen molar-refractivity contribution in [2.45, 2.75) is 25.4 Å². The molecule has 0 aromatic carbocycles. The van der Waals surface area contributed by atoms with Crippen molar-refractivity contribution >= 4 is 11.6 Å². The van der Waals surface area contributed by atoms with Crippen LogP contribution in [-0.2, 0) is 13.6 Å². The van der Waals surface area contributed by atoms with E-state index in [9.17, 15) is 0 Å². The summed E-state index contributed by atoms with van der Waals surface area (Å²) in [5, 5.41) is 3.22. The molecule has 4 rings (SSSR count). The van der Waals surface area contributed by atoms with E-state index in [4.69, 9.17) is 0 Å². The van der Waals surface area contributed by atoms with Crippen LogP contribution in [0.15, 0.2) is 49.3 Å². The number of anilines is 2. The Balaban J connectivity index is 1.52. The predicted molar refractivity (Wildman–Crippen MR) is 95.1 cm³/mol. The first-order valence-electron chi connectivity index (χ1n) is 8.49. The fraction of sp³-hybridized carbons (Fsp3) is 0.333. The summed E-state index contributed by atoms with van der Waals surface area (Å²) in [7, 11) is 2.04. The molecule has 7 nitrogen and oxygen atoms in total. The number of rotatable bonds is 5. The molecule has 3 aromatic heterocycles. The van der Waals surface area contributed by atoms with Crippen LogP contribution in [0.25, 0.3) is 0 Å². The third-order valence-corrected chi connectivity index (χ3v) is 4.62. The average molecular weight is 335 g/mol. The van der Waals surface area contributed by atoms with Crippen LogP contribution >= 0.6 is 0 Å². The molecule has 0 amide bonds. The Morgan fingerprint density at radius 2 is 2.04 bits per heavy atom. The number of pyridine rings is 1. The molecule has 25 heavy (non-hydrogen) atoms. The Kier molecular flexibility index (Phi) is 4.39. The highest BCUT2D eigenvalue weighted by Crippen LogP contribution is 2.33. The third kappa shape index (κ3) is 3.51. The van der Waals surface area contributed by atoms with Gasteiger partial charge < -0.3 is 9.88 Å². The number of likely N-dealkylation sites (tertiary alicyclic amines) is 1. The second-order valence-electron chi connectivity index (χ2n) is 6.27. The molecular weight excluding hydrogens is 314 g/mol. The lowest BCUT2D eigenvalue weighted by molar-refractivity contribution is 0.240. The second-order valence-corrected chi connectivity index (χ2v) is 6.27. The number of nitrogens with one attached hydrogen (secondary N) is 1. The van der Waals surface area contributed by atoms with Gasteiger partial charge in [0.25, 0.3) is 0 Å². The Morgan fingerprint density at radius 3 is 2.84 bits per heavy atom. The minimum atomic E-state index is 0.391. The summed E-state index contributed by atoms with van der Waals surface area (Å²) in [5.74, 6) is 2.59. The maximum atomic E-state index is 4.46. The van der Waals surface area contributed by atoms with E-state index in [2.05, 4.69) is 46.9 Å². The smallest absolute Gasteiger partial charge is 0.150 e. The molecule has 0 radical (unpaired) electrons. The van der Waals surface area contributed by atoms with Crippen molar-refractivity contribution in [2.24, 2.45) is 7.05 Å². The van der Waals surface area contributed by atoms with Gasteiger partial charge in [-0.05, 0) is 37.1 Å². The summed E-state index contributed by atoms with van der Waals surface area (Å²) >= 11 is 0. The van der Waals surface area contributed by atoms with Crippen LogP contribution < -0.4 is 5.32 Å². The summed E-state index contributed by atoms with van der Waals surface area (Å²) in [6.07, 6.45) is 13.1. The monoisotopic (exact) mass is 335 g/mol. The molecule has 4 heterocycles. The molecule has 0 spiro atoms. The van der Waals surface area contributed by atoms with Gasteiger partial charge in [0.2, 0.25) is 0 Å². The van der Waals surface area contributed by atoms with Crippen LogP contribution in [0.1, 0.15) is 30.3 Å². The van der Waals surface area contributed by atoms with E-state index >= 15 is 0 Å². The Morgan fingerprint density at radius 1 is 1.12 bits per heavy atom. The highest BCUT2D eigenvalue weighted by Gasteiger charge is 2.27. The van der Waals surface area contributed by atoms with Crippen LogP contribution in [0, 0.1) is 0 Å². The van der Waals surface area contributed by atoms with Gasteiger partial charge in [-0.1, -0.05) is 0 Å². The highest BCUT2D eigenvalue weighted by molar-refractivity contribution is 5.51. The first kappa shape index (κ1) is 15.7. The van der Waals surface area contributed by atoms with Gasteiger partial charge in [0.15, 0.2) is 0 Å². The van der Waals surface area contributed by atoms with Gasteiger partial charge in [-0.2, -0.15) is 0 Å². The van der Waals surface area contributed by atoms with E-state index in [1.54, 1.807) is 18.6 Å². The molecule has 7 heteroatoms. The standard InChI is InChI=1S/C18H21N7/c1-24-10-8-22-18(24)13-25-9-2-3-15(25)14-4-5-20-16(11-14)23-17-12-19-6-7-21-17/h4-8,10-12,15H,2-3,9,13H2,1H3,(H,20,21,23)/t15-/m1/s1. The van der Waals surface area contributed by atoms with Crippen LogP contribution in [0.4, 0.5) is 11.6 Å². The predicted octanol–water partition coefficient (Wildman–Crippen LogP) is 2.69. The normalized spacial score (nSPS) is 17.7. The molecule has 3 aromatic rings. The summed E-state index contributed by atoms with van der Waals surface area (Å²) in [6, 6.07) is 4.60. The Bertz CT molecular complexity index is 830. The topological polar surface area (TPSA) is 71.8 Å². The molecule has 0 bridgehead atoms. The molecule has 1 N–H and O–H groups in total. The summed E-state index contributed by atoms with van der Waals surface area (Å²) in [6.45, 7) is 1.95. The molecule has 128 valence electrons. The molecule has 1 aliphatic rings. The average Bonchev–Trinajstić information content (AvgIpc) is 3.26. The Labute approximate surface area is 146 Å². The van der Waals surface area contributed by atoms with E-state index in [1.807, 2.05) is 25.6 Å². The zero-order valence-electron chi connectivity index (χ0n) is 14.2. The minimum absolute atomic E-state index is 0.391. The molecule has 1 aliphatic heterocycles. The lowest BCUT2D eigenvalue weighted by Crippen LogP contribution is -2.24. The van der Waals surface area contributed by atoms with Crippen molar-refractivity contribution in [2.75, 3.05) is 11.9 Å². The van der Waals surface area contributed by atoms with E-state index in [1.165, 1.54) is 12.0 Å². The Hall–Kier alpha value is -2.80. The molecule has 0 aliphatic carbocycles. The van der Waals surface area contributed by atoms with Crippen molar-refractivity contribution in [3.05, 3.63) is 60.7 Å². The largest absolute Gasteiger partial charge is 0.337 e. The summed E-state index contributed by atoms with van der Waals surface area (Å²) in [4.78, 5) is 19.7. The van der Waals surface area contributed by atoms with Crippen molar-refractivity contribution < 1.29 is 0 Å². The second kappa shape index (κ2) is 6.98. The van der Waals surface area contributed by atoms with Crippen LogP contribution in [-0.4, -0.2) is 35.9 Å². The third-order valence-electron chi connectivity index (χ3n) is 4.62. The zero-order chi connectivity index (χ0) is 17.1. The van der Waals surface area contributed by atoms with E-state index in [0.29, 0.717) is 11.9 Å². The lowest BCUT2D eigenvalue weighted by Gasteiger charge is -2.24. The molecule has 0 saturated carbocycles. The maximum absolute atomic E-state index is 4.46. The van der Waals surface area contributed by atoms with Gasteiger partial charge in [0, 0.05) is 44.1 Å². The maximum Gasteiger partial charge on any atom is 0.150 e. The van der Waals surface area contributed by atoms with E-state index in [0.717, 1.165) is 31.2 Å². The first-order chi connectivity index (χ1) is 12.3. The zero-order valence-corrected chi connectivity index (χ0v) is 14.2. The van der Waals surface area contributed by atoms with Crippen molar-refractivity contribution in [3.8, 4) is 0 Å². The quantitative estimate of drug-likeness (QED) is 0.773. The molecule has 1 atom stereocenters.